The van der Waals surface area contributed by atoms with Crippen LogP contribution in [0.15, 0.2) is 12.1 Å². The van der Waals surface area contributed by atoms with Crippen LogP contribution in [0.5, 0.6) is 0 Å². The second-order valence-electron chi connectivity index (χ2n) is 3.06. The first kappa shape index (κ1) is 8.97. The predicted octanol–water partition coefficient (Wildman–Crippen LogP) is 3.57. The number of halogens is 2. The molecule has 0 aliphatic carbocycles. The van der Waals surface area contributed by atoms with Crippen molar-refractivity contribution in [3.05, 3.63) is 22.2 Å². The summed E-state index contributed by atoms with van der Waals surface area (Å²) in [6.07, 6.45) is 1.31. The standard InChI is InChI=1S/C9H10Cl2N2/c1-2-9-12-7-3-5(10)6(11)4-8(7)13-9/h3-4,9,12-13H,2H2,1H3. The summed E-state index contributed by atoms with van der Waals surface area (Å²) in [6.45, 7) is 2.11. The molecule has 2 nitrogen and oxygen atoms in total. The second-order valence-corrected chi connectivity index (χ2v) is 3.88. The van der Waals surface area contributed by atoms with E-state index in [1.54, 1.807) is 0 Å². The van der Waals surface area contributed by atoms with E-state index in [2.05, 4.69) is 17.6 Å². The molecule has 4 heteroatoms. The lowest BCUT2D eigenvalue weighted by atomic mass is 10.3. The number of anilines is 2. The zero-order valence-corrected chi connectivity index (χ0v) is 8.71. The Labute approximate surface area is 87.2 Å². The fourth-order valence-electron chi connectivity index (χ4n) is 1.40. The van der Waals surface area contributed by atoms with E-state index >= 15 is 0 Å². The van der Waals surface area contributed by atoms with E-state index < -0.39 is 0 Å². The van der Waals surface area contributed by atoms with Gasteiger partial charge in [-0.25, -0.2) is 0 Å². The van der Waals surface area contributed by atoms with E-state index in [0.29, 0.717) is 16.2 Å². The van der Waals surface area contributed by atoms with Crippen LogP contribution in [0, 0.1) is 0 Å². The number of fused-ring (bicyclic) bond motifs is 1. The molecule has 1 aromatic rings. The molecule has 1 aliphatic heterocycles. The van der Waals surface area contributed by atoms with Crippen LogP contribution in [0.4, 0.5) is 11.4 Å². The third-order valence-electron chi connectivity index (χ3n) is 2.13. The maximum absolute atomic E-state index is 5.88. The summed E-state index contributed by atoms with van der Waals surface area (Å²) in [4.78, 5) is 0. The Balaban J connectivity index is 2.36. The van der Waals surface area contributed by atoms with Gasteiger partial charge >= 0.3 is 0 Å². The largest absolute Gasteiger partial charge is 0.364 e. The third-order valence-corrected chi connectivity index (χ3v) is 2.85. The molecule has 0 fully saturated rings. The maximum Gasteiger partial charge on any atom is 0.0962 e. The average Bonchev–Trinajstić information content (AvgIpc) is 2.48. The van der Waals surface area contributed by atoms with Crippen molar-refractivity contribution < 1.29 is 0 Å². The summed E-state index contributed by atoms with van der Waals surface area (Å²) in [5.41, 5.74) is 2.06. The van der Waals surface area contributed by atoms with E-state index in [1.807, 2.05) is 12.1 Å². The smallest absolute Gasteiger partial charge is 0.0962 e. The van der Waals surface area contributed by atoms with Crippen LogP contribution < -0.4 is 10.6 Å². The first-order chi connectivity index (χ1) is 6.20. The lowest BCUT2D eigenvalue weighted by molar-refractivity contribution is 0.802. The van der Waals surface area contributed by atoms with Gasteiger partial charge in [0.25, 0.3) is 0 Å². The Kier molecular flexibility index (Phi) is 2.26. The van der Waals surface area contributed by atoms with Gasteiger partial charge in [-0.15, -0.1) is 0 Å². The Morgan fingerprint density at radius 1 is 1.15 bits per heavy atom. The van der Waals surface area contributed by atoms with Gasteiger partial charge in [0.05, 0.1) is 27.6 Å². The minimum Gasteiger partial charge on any atom is -0.364 e. The van der Waals surface area contributed by atoms with Crippen LogP contribution in [-0.4, -0.2) is 6.17 Å². The highest BCUT2D eigenvalue weighted by atomic mass is 35.5. The second kappa shape index (κ2) is 3.28. The number of nitrogens with one attached hydrogen (secondary N) is 2. The van der Waals surface area contributed by atoms with Gasteiger partial charge in [-0.1, -0.05) is 30.1 Å². The Morgan fingerprint density at radius 2 is 1.62 bits per heavy atom. The first-order valence-electron chi connectivity index (χ1n) is 4.23. The zero-order chi connectivity index (χ0) is 9.42. The molecule has 0 spiro atoms. The molecule has 13 heavy (non-hydrogen) atoms. The van der Waals surface area contributed by atoms with E-state index in [-0.39, 0.29) is 0 Å². The molecule has 0 bridgehead atoms. The first-order valence-corrected chi connectivity index (χ1v) is 4.98. The number of rotatable bonds is 1. The minimum atomic E-state index is 0.296. The van der Waals surface area contributed by atoms with Crippen LogP contribution in [0.1, 0.15) is 13.3 Å². The van der Waals surface area contributed by atoms with Gasteiger partial charge in [0, 0.05) is 0 Å². The van der Waals surface area contributed by atoms with Crippen LogP contribution in [-0.2, 0) is 0 Å². The van der Waals surface area contributed by atoms with Crippen molar-refractivity contribution in [1.29, 1.82) is 0 Å². The SMILES string of the molecule is CCC1Nc2cc(Cl)c(Cl)cc2N1. The van der Waals surface area contributed by atoms with Crippen LogP contribution in [0.3, 0.4) is 0 Å². The predicted molar refractivity (Wildman–Crippen MR) is 57.8 cm³/mol. The highest BCUT2D eigenvalue weighted by molar-refractivity contribution is 6.42. The number of benzene rings is 1. The van der Waals surface area contributed by atoms with Crippen molar-refractivity contribution in [1.82, 2.24) is 0 Å². The molecule has 1 aromatic carbocycles. The van der Waals surface area contributed by atoms with E-state index in [9.17, 15) is 0 Å². The van der Waals surface area contributed by atoms with Gasteiger partial charge in [0.1, 0.15) is 0 Å². The quantitative estimate of drug-likeness (QED) is 0.751. The highest BCUT2D eigenvalue weighted by Gasteiger charge is 2.18. The van der Waals surface area contributed by atoms with E-state index in [0.717, 1.165) is 17.8 Å². The molecule has 0 amide bonds. The molecule has 2 N–H and O–H groups in total. The van der Waals surface area contributed by atoms with Gasteiger partial charge in [-0.3, -0.25) is 0 Å². The van der Waals surface area contributed by atoms with Gasteiger partial charge in [-0.2, -0.15) is 0 Å². The molecule has 0 saturated heterocycles. The van der Waals surface area contributed by atoms with Crippen LogP contribution in [0.25, 0.3) is 0 Å². The zero-order valence-electron chi connectivity index (χ0n) is 7.20. The molecule has 1 aliphatic rings. The van der Waals surface area contributed by atoms with Crippen molar-refractivity contribution in [3.63, 3.8) is 0 Å². The molecule has 70 valence electrons. The summed E-state index contributed by atoms with van der Waals surface area (Å²) in [7, 11) is 0. The van der Waals surface area contributed by atoms with Gasteiger partial charge in [0.2, 0.25) is 0 Å². The molecular weight excluding hydrogens is 207 g/mol. The summed E-state index contributed by atoms with van der Waals surface area (Å²) >= 11 is 11.8. The number of hydrogen-bond donors (Lipinski definition) is 2. The Morgan fingerprint density at radius 3 is 2.00 bits per heavy atom. The molecule has 0 saturated carbocycles. The van der Waals surface area contributed by atoms with Crippen LogP contribution >= 0.6 is 23.2 Å². The molecule has 1 heterocycles. The summed E-state index contributed by atoms with van der Waals surface area (Å²) in [5.74, 6) is 0. The molecule has 0 atom stereocenters. The van der Waals surface area contributed by atoms with Gasteiger partial charge in [-0.05, 0) is 18.6 Å². The van der Waals surface area contributed by atoms with Crippen LogP contribution in [0.2, 0.25) is 10.0 Å². The third kappa shape index (κ3) is 1.56. The summed E-state index contributed by atoms with van der Waals surface area (Å²) in [6, 6.07) is 3.70. The summed E-state index contributed by atoms with van der Waals surface area (Å²) < 4.78 is 0. The maximum atomic E-state index is 5.88. The minimum absolute atomic E-state index is 0.296. The fourth-order valence-corrected chi connectivity index (χ4v) is 1.73. The van der Waals surface area contributed by atoms with E-state index in [1.165, 1.54) is 0 Å². The monoisotopic (exact) mass is 216 g/mol. The van der Waals surface area contributed by atoms with Gasteiger partial charge < -0.3 is 10.6 Å². The normalized spacial score (nSPS) is 15.0. The lowest BCUT2D eigenvalue weighted by Gasteiger charge is -2.07. The Hall–Kier alpha value is -0.600. The Bertz CT molecular complexity index is 308. The van der Waals surface area contributed by atoms with E-state index in [4.69, 9.17) is 23.2 Å². The van der Waals surface area contributed by atoms with Crippen molar-refractivity contribution in [2.45, 2.75) is 19.5 Å². The van der Waals surface area contributed by atoms with Crippen molar-refractivity contribution >= 4 is 34.6 Å². The molecular formula is C9H10Cl2N2. The van der Waals surface area contributed by atoms with Gasteiger partial charge in [0.15, 0.2) is 0 Å². The lowest BCUT2D eigenvalue weighted by Crippen LogP contribution is -2.20. The molecule has 0 aromatic heterocycles. The molecule has 0 unspecified atom stereocenters. The van der Waals surface area contributed by atoms with Crippen molar-refractivity contribution in [3.8, 4) is 0 Å². The highest BCUT2D eigenvalue weighted by Crippen LogP contribution is 2.36. The fraction of sp³-hybridized carbons (Fsp3) is 0.333. The molecule has 2 rings (SSSR count). The van der Waals surface area contributed by atoms with Crippen molar-refractivity contribution in [2.75, 3.05) is 10.6 Å². The molecule has 0 radical (unpaired) electrons. The number of hydrogen-bond acceptors (Lipinski definition) is 2. The van der Waals surface area contributed by atoms with Crippen molar-refractivity contribution in [2.24, 2.45) is 0 Å². The summed E-state index contributed by atoms with van der Waals surface area (Å²) in [5, 5.41) is 7.77. The topological polar surface area (TPSA) is 24.1 Å². The average molecular weight is 217 g/mol.